The maximum absolute atomic E-state index is 13.3. The molecule has 1 aliphatic carbocycles. The fourth-order valence-corrected chi connectivity index (χ4v) is 4.49. The molecule has 0 saturated carbocycles. The molecule has 1 aliphatic rings. The van der Waals surface area contributed by atoms with Crippen LogP contribution in [0.25, 0.3) is 22.6 Å². The summed E-state index contributed by atoms with van der Waals surface area (Å²) in [6, 6.07) is 13.0. The summed E-state index contributed by atoms with van der Waals surface area (Å²) in [6.45, 7) is -3.13. The van der Waals surface area contributed by atoms with Crippen molar-refractivity contribution in [3.63, 3.8) is 0 Å². The zero-order valence-electron chi connectivity index (χ0n) is 19.7. The number of benzene rings is 2. The highest BCUT2D eigenvalue weighted by molar-refractivity contribution is 6.07. The van der Waals surface area contributed by atoms with Crippen LogP contribution in [0.4, 0.5) is 8.78 Å². The van der Waals surface area contributed by atoms with Crippen molar-refractivity contribution >= 4 is 28.5 Å². The van der Waals surface area contributed by atoms with Gasteiger partial charge in [-0.2, -0.15) is 8.78 Å². The Balaban J connectivity index is 1.53. The number of esters is 1. The fraction of sp³-hybridized carbons (Fsp3) is 0.222. The SMILES string of the molecule is COc1ccc(C=C2CCc3c2nc2ccccc2c3C(=O)OCc2nccn2C(F)F)cc1OC. The maximum Gasteiger partial charge on any atom is 0.339 e. The third-order valence-corrected chi connectivity index (χ3v) is 6.19. The number of carbonyl (C=O) groups is 1. The van der Waals surface area contributed by atoms with Crippen molar-refractivity contribution in [2.75, 3.05) is 14.2 Å². The molecule has 0 bridgehead atoms. The van der Waals surface area contributed by atoms with Gasteiger partial charge in [0.2, 0.25) is 0 Å². The topological polar surface area (TPSA) is 75.5 Å². The lowest BCUT2D eigenvalue weighted by molar-refractivity contribution is 0.0377. The van der Waals surface area contributed by atoms with Gasteiger partial charge in [-0.05, 0) is 53.8 Å². The average Bonchev–Trinajstić information content (AvgIpc) is 3.53. The minimum absolute atomic E-state index is 0.0256. The highest BCUT2D eigenvalue weighted by atomic mass is 19.3. The first-order valence-electron chi connectivity index (χ1n) is 11.3. The molecule has 2 heterocycles. The van der Waals surface area contributed by atoms with E-state index < -0.39 is 12.5 Å². The number of alkyl halides is 2. The number of methoxy groups -OCH3 is 2. The minimum Gasteiger partial charge on any atom is -0.493 e. The number of fused-ring (bicyclic) bond motifs is 2. The molecule has 0 amide bonds. The van der Waals surface area contributed by atoms with E-state index >= 15 is 0 Å². The fourth-order valence-electron chi connectivity index (χ4n) is 4.49. The van der Waals surface area contributed by atoms with E-state index in [9.17, 15) is 13.6 Å². The van der Waals surface area contributed by atoms with Crippen LogP contribution in [0, 0.1) is 0 Å². The van der Waals surface area contributed by atoms with Gasteiger partial charge >= 0.3 is 12.5 Å². The van der Waals surface area contributed by atoms with Gasteiger partial charge in [0.05, 0.1) is 31.0 Å². The molecule has 184 valence electrons. The van der Waals surface area contributed by atoms with Gasteiger partial charge in [-0.3, -0.25) is 4.57 Å². The van der Waals surface area contributed by atoms with Crippen LogP contribution in [0.5, 0.6) is 11.5 Å². The number of rotatable bonds is 7. The van der Waals surface area contributed by atoms with Crippen LogP contribution in [0.15, 0.2) is 54.9 Å². The molecule has 4 aromatic rings. The van der Waals surface area contributed by atoms with E-state index in [2.05, 4.69) is 4.98 Å². The molecule has 0 fully saturated rings. The van der Waals surface area contributed by atoms with E-state index in [0.717, 1.165) is 28.6 Å². The lowest BCUT2D eigenvalue weighted by Crippen LogP contribution is -2.13. The molecule has 0 N–H and O–H groups in total. The Bertz CT molecular complexity index is 1480. The van der Waals surface area contributed by atoms with Crippen LogP contribution >= 0.6 is 0 Å². The third kappa shape index (κ3) is 4.28. The van der Waals surface area contributed by atoms with E-state index in [1.54, 1.807) is 14.2 Å². The zero-order chi connectivity index (χ0) is 25.2. The van der Waals surface area contributed by atoms with E-state index in [1.807, 2.05) is 48.5 Å². The predicted octanol–water partition coefficient (Wildman–Crippen LogP) is 5.69. The number of para-hydroxylation sites is 1. The van der Waals surface area contributed by atoms with E-state index in [0.29, 0.717) is 45.4 Å². The molecule has 7 nitrogen and oxygen atoms in total. The Hall–Kier alpha value is -4.27. The van der Waals surface area contributed by atoms with Gasteiger partial charge in [-0.15, -0.1) is 0 Å². The van der Waals surface area contributed by atoms with Gasteiger partial charge in [0.1, 0.15) is 6.61 Å². The second kappa shape index (κ2) is 9.77. The van der Waals surface area contributed by atoms with Crippen molar-refractivity contribution in [2.24, 2.45) is 0 Å². The molecular weight excluding hydrogens is 468 g/mol. The minimum atomic E-state index is -2.77. The summed E-state index contributed by atoms with van der Waals surface area (Å²) >= 11 is 0. The number of carbonyl (C=O) groups excluding carboxylic acids is 1. The summed E-state index contributed by atoms with van der Waals surface area (Å²) in [5, 5.41) is 0.658. The molecule has 0 spiro atoms. The molecule has 0 radical (unpaired) electrons. The van der Waals surface area contributed by atoms with Crippen molar-refractivity contribution in [2.45, 2.75) is 26.0 Å². The van der Waals surface area contributed by atoms with Crippen molar-refractivity contribution in [3.8, 4) is 11.5 Å². The zero-order valence-corrected chi connectivity index (χ0v) is 19.7. The molecule has 36 heavy (non-hydrogen) atoms. The highest BCUT2D eigenvalue weighted by Crippen LogP contribution is 2.38. The largest absolute Gasteiger partial charge is 0.493 e. The summed E-state index contributed by atoms with van der Waals surface area (Å²) in [5.41, 5.74) is 4.45. The third-order valence-electron chi connectivity index (χ3n) is 6.19. The molecule has 0 aliphatic heterocycles. The van der Waals surface area contributed by atoms with Gasteiger partial charge in [0, 0.05) is 17.8 Å². The Kier molecular flexibility index (Phi) is 6.37. The average molecular weight is 491 g/mol. The predicted molar refractivity (Wildman–Crippen MR) is 130 cm³/mol. The van der Waals surface area contributed by atoms with Gasteiger partial charge in [0.25, 0.3) is 0 Å². The second-order valence-electron chi connectivity index (χ2n) is 8.22. The first kappa shape index (κ1) is 23.5. The van der Waals surface area contributed by atoms with Crippen molar-refractivity contribution in [1.29, 1.82) is 0 Å². The molecule has 2 aromatic heterocycles. The normalized spacial score (nSPS) is 13.9. The first-order valence-corrected chi connectivity index (χ1v) is 11.3. The molecule has 5 rings (SSSR count). The summed E-state index contributed by atoms with van der Waals surface area (Å²) in [5.74, 6) is 0.625. The van der Waals surface area contributed by atoms with Crippen molar-refractivity contribution in [3.05, 3.63) is 83.1 Å². The van der Waals surface area contributed by atoms with Crippen LogP contribution in [0.2, 0.25) is 0 Å². The second-order valence-corrected chi connectivity index (χ2v) is 8.22. The number of ether oxygens (including phenoxy) is 3. The van der Waals surface area contributed by atoms with E-state index in [1.165, 1.54) is 6.20 Å². The first-order chi connectivity index (χ1) is 17.5. The van der Waals surface area contributed by atoms with Crippen molar-refractivity contribution in [1.82, 2.24) is 14.5 Å². The van der Waals surface area contributed by atoms with Gasteiger partial charge in [0.15, 0.2) is 17.3 Å². The number of halogens is 2. The molecule has 9 heteroatoms. The van der Waals surface area contributed by atoms with Crippen LogP contribution in [0.1, 0.15) is 46.0 Å². The molecule has 0 saturated heterocycles. The number of allylic oxidation sites excluding steroid dienone is 1. The quantitative estimate of drug-likeness (QED) is 0.309. The summed E-state index contributed by atoms with van der Waals surface area (Å²) in [7, 11) is 3.17. The molecular formula is C27H23F2N3O4. The van der Waals surface area contributed by atoms with Crippen LogP contribution < -0.4 is 9.47 Å². The Morgan fingerprint density at radius 2 is 1.92 bits per heavy atom. The maximum atomic E-state index is 13.3. The number of imidazole rings is 1. The Morgan fingerprint density at radius 3 is 2.69 bits per heavy atom. The van der Waals surface area contributed by atoms with Crippen LogP contribution in [-0.4, -0.2) is 34.7 Å². The van der Waals surface area contributed by atoms with E-state index in [-0.39, 0.29) is 12.4 Å². The highest BCUT2D eigenvalue weighted by Gasteiger charge is 2.28. The summed E-state index contributed by atoms with van der Waals surface area (Å²) in [4.78, 5) is 22.0. The summed E-state index contributed by atoms with van der Waals surface area (Å²) in [6.07, 6.45) is 5.70. The Morgan fingerprint density at radius 1 is 1.11 bits per heavy atom. The molecule has 0 atom stereocenters. The number of hydrogen-bond donors (Lipinski definition) is 0. The standard InChI is InChI=1S/C27H23F2N3O4/c1-34-21-10-7-16(14-22(21)35-2)13-17-8-9-19-24(18-5-3-4-6-20(18)31-25(17)19)26(33)36-15-23-30-11-12-32(23)27(28)29/h3-7,10-14,27H,8-9,15H2,1-2H3. The van der Waals surface area contributed by atoms with Crippen LogP contribution in [0.3, 0.4) is 0 Å². The number of hydrogen-bond acceptors (Lipinski definition) is 6. The van der Waals surface area contributed by atoms with Crippen molar-refractivity contribution < 1.29 is 27.8 Å². The smallest absolute Gasteiger partial charge is 0.339 e. The van der Waals surface area contributed by atoms with Gasteiger partial charge < -0.3 is 14.2 Å². The molecule has 2 aromatic carbocycles. The monoisotopic (exact) mass is 491 g/mol. The van der Waals surface area contributed by atoms with Crippen LogP contribution in [-0.2, 0) is 17.8 Å². The lowest BCUT2D eigenvalue weighted by atomic mass is 10.0. The van der Waals surface area contributed by atoms with Gasteiger partial charge in [-0.25, -0.2) is 14.8 Å². The van der Waals surface area contributed by atoms with Gasteiger partial charge in [-0.1, -0.05) is 24.3 Å². The number of nitrogens with zero attached hydrogens (tertiary/aromatic N) is 3. The van der Waals surface area contributed by atoms with E-state index in [4.69, 9.17) is 19.2 Å². The number of aromatic nitrogens is 3. The lowest BCUT2D eigenvalue weighted by Gasteiger charge is -2.13. The number of pyridine rings is 1. The Labute approximate surface area is 206 Å². The summed E-state index contributed by atoms with van der Waals surface area (Å²) < 4.78 is 43.2. The molecule has 0 unspecified atom stereocenters.